The summed E-state index contributed by atoms with van der Waals surface area (Å²) >= 11 is 0. The van der Waals surface area contributed by atoms with Crippen molar-refractivity contribution in [2.75, 3.05) is 59.6 Å². The van der Waals surface area contributed by atoms with Gasteiger partial charge in [-0.15, -0.1) is 0 Å². The Morgan fingerprint density at radius 1 is 1.12 bits per heavy atom. The maximum absolute atomic E-state index is 13.8. The molecule has 3 N–H and O–H groups in total. The zero-order valence-electron chi connectivity index (χ0n) is 20.5. The monoisotopic (exact) mass is 480 g/mol. The average molecular weight is 481 g/mol. The number of carbonyl (C=O) groups excluding carboxylic acids is 3. The van der Waals surface area contributed by atoms with Crippen molar-refractivity contribution >= 4 is 17.7 Å². The number of nitrogens with one attached hydrogen (secondary N) is 2. The highest BCUT2D eigenvalue weighted by atomic mass is 16.5. The number of hydrogen-bond donors (Lipinski definition) is 3. The molecule has 4 rings (SSSR count). The van der Waals surface area contributed by atoms with Crippen molar-refractivity contribution in [1.82, 2.24) is 20.4 Å². The fourth-order valence-electron chi connectivity index (χ4n) is 6.64. The van der Waals surface area contributed by atoms with E-state index in [4.69, 9.17) is 14.6 Å². The first-order valence-electron chi connectivity index (χ1n) is 12.8. The summed E-state index contributed by atoms with van der Waals surface area (Å²) < 4.78 is 12.1. The van der Waals surface area contributed by atoms with Gasteiger partial charge in [0.2, 0.25) is 17.7 Å². The van der Waals surface area contributed by atoms with Crippen LogP contribution in [0.15, 0.2) is 0 Å². The lowest BCUT2D eigenvalue weighted by atomic mass is 9.65. The SMILES string of the molecule is CC[C@@]12CCC3(O1)C(C(=O)NCCN1CCOCC1)N(CCCCCO)C(=O)[C@@H]3[C@@H]2C(=O)NC. The molecule has 10 nitrogen and oxygen atoms in total. The number of carbonyl (C=O) groups is 3. The van der Waals surface area contributed by atoms with E-state index in [-0.39, 0.29) is 24.3 Å². The predicted octanol–water partition coefficient (Wildman–Crippen LogP) is -0.502. The summed E-state index contributed by atoms with van der Waals surface area (Å²) in [6, 6.07) is -0.744. The minimum absolute atomic E-state index is 0.104. The molecule has 0 radical (unpaired) electrons. The largest absolute Gasteiger partial charge is 0.396 e. The summed E-state index contributed by atoms with van der Waals surface area (Å²) in [5.74, 6) is -1.77. The second-order valence-electron chi connectivity index (χ2n) is 10.0. The Bertz CT molecular complexity index is 775. The molecule has 5 atom stereocenters. The van der Waals surface area contributed by atoms with E-state index < -0.39 is 29.1 Å². The van der Waals surface area contributed by atoms with Gasteiger partial charge in [-0.25, -0.2) is 0 Å². The van der Waals surface area contributed by atoms with E-state index in [9.17, 15) is 14.4 Å². The molecule has 0 aromatic rings. The first-order chi connectivity index (χ1) is 16.4. The molecule has 0 aromatic heterocycles. The van der Waals surface area contributed by atoms with Gasteiger partial charge in [0.1, 0.15) is 11.6 Å². The number of rotatable bonds is 11. The number of morpholine rings is 1. The van der Waals surface area contributed by atoms with E-state index in [2.05, 4.69) is 15.5 Å². The summed E-state index contributed by atoms with van der Waals surface area (Å²) in [5, 5.41) is 14.9. The van der Waals surface area contributed by atoms with E-state index >= 15 is 0 Å². The molecule has 1 spiro atoms. The fraction of sp³-hybridized carbons (Fsp3) is 0.875. The molecule has 192 valence electrons. The molecule has 0 saturated carbocycles. The van der Waals surface area contributed by atoms with E-state index in [1.165, 1.54) is 0 Å². The number of amides is 3. The van der Waals surface area contributed by atoms with Crippen molar-refractivity contribution in [3.05, 3.63) is 0 Å². The summed E-state index contributed by atoms with van der Waals surface area (Å²) in [7, 11) is 1.59. The van der Waals surface area contributed by atoms with Crippen molar-refractivity contribution < 1.29 is 29.0 Å². The fourth-order valence-corrected chi connectivity index (χ4v) is 6.64. The van der Waals surface area contributed by atoms with Crippen LogP contribution in [0.4, 0.5) is 0 Å². The van der Waals surface area contributed by atoms with Crippen molar-refractivity contribution in [2.24, 2.45) is 11.8 Å². The van der Waals surface area contributed by atoms with Crippen LogP contribution in [0.25, 0.3) is 0 Å². The van der Waals surface area contributed by atoms with Crippen LogP contribution in [-0.2, 0) is 23.9 Å². The molecule has 34 heavy (non-hydrogen) atoms. The molecular weight excluding hydrogens is 440 g/mol. The van der Waals surface area contributed by atoms with Crippen LogP contribution in [0.5, 0.6) is 0 Å². The Morgan fingerprint density at radius 2 is 1.88 bits per heavy atom. The van der Waals surface area contributed by atoms with Crippen LogP contribution in [-0.4, -0.2) is 109 Å². The molecule has 10 heteroatoms. The normalized spacial score (nSPS) is 35.0. The first-order valence-corrected chi connectivity index (χ1v) is 12.8. The maximum Gasteiger partial charge on any atom is 0.245 e. The van der Waals surface area contributed by atoms with Gasteiger partial charge in [-0.2, -0.15) is 0 Å². The lowest BCUT2D eigenvalue weighted by molar-refractivity contribution is -0.147. The number of fused-ring (bicyclic) bond motifs is 1. The second kappa shape index (κ2) is 10.5. The molecule has 4 aliphatic rings. The van der Waals surface area contributed by atoms with Gasteiger partial charge in [-0.1, -0.05) is 6.92 Å². The highest BCUT2D eigenvalue weighted by molar-refractivity contribution is 5.99. The molecule has 4 aliphatic heterocycles. The molecule has 4 heterocycles. The minimum Gasteiger partial charge on any atom is -0.396 e. The topological polar surface area (TPSA) is 120 Å². The number of unbranched alkanes of at least 4 members (excludes halogenated alkanes) is 2. The molecule has 4 fully saturated rings. The summed E-state index contributed by atoms with van der Waals surface area (Å²) in [4.78, 5) is 44.3. The predicted molar refractivity (Wildman–Crippen MR) is 124 cm³/mol. The molecule has 0 aromatic carbocycles. The summed E-state index contributed by atoms with van der Waals surface area (Å²) in [5.41, 5.74) is -1.67. The Hall–Kier alpha value is -1.75. The number of hydrogen-bond acceptors (Lipinski definition) is 7. The first kappa shape index (κ1) is 25.3. The second-order valence-corrected chi connectivity index (χ2v) is 10.0. The van der Waals surface area contributed by atoms with Gasteiger partial charge >= 0.3 is 0 Å². The summed E-state index contributed by atoms with van der Waals surface area (Å²) in [6.07, 6.45) is 4.00. The van der Waals surface area contributed by atoms with Crippen LogP contribution in [0, 0.1) is 11.8 Å². The third-order valence-corrected chi connectivity index (χ3v) is 8.35. The van der Waals surface area contributed by atoms with Gasteiger partial charge < -0.3 is 30.1 Å². The quantitative estimate of drug-likeness (QED) is 0.341. The van der Waals surface area contributed by atoms with Crippen molar-refractivity contribution in [1.29, 1.82) is 0 Å². The van der Waals surface area contributed by atoms with Crippen LogP contribution < -0.4 is 10.6 Å². The van der Waals surface area contributed by atoms with Gasteiger partial charge in [0.15, 0.2) is 0 Å². The Morgan fingerprint density at radius 3 is 2.56 bits per heavy atom. The highest BCUT2D eigenvalue weighted by Crippen LogP contribution is 2.64. The van der Waals surface area contributed by atoms with Gasteiger partial charge in [-0.3, -0.25) is 19.3 Å². The molecule has 2 bridgehead atoms. The molecule has 2 unspecified atom stereocenters. The van der Waals surface area contributed by atoms with Gasteiger partial charge in [0.05, 0.1) is 30.7 Å². The standard InChI is InChI=1S/C24H40N4O6/c1-3-23-7-8-24(34-23)18(17(23)20(30)25-2)22(32)28(10-5-4-6-14-29)19(24)21(31)26-9-11-27-12-15-33-16-13-27/h17-19,29H,3-16H2,1-2H3,(H,25,30)(H,26,31)/t17-,18+,19?,23+,24?/m1/s1. The third kappa shape index (κ3) is 4.23. The smallest absolute Gasteiger partial charge is 0.245 e. The average Bonchev–Trinajstić information content (AvgIpc) is 3.45. The van der Waals surface area contributed by atoms with Crippen molar-refractivity contribution in [3.63, 3.8) is 0 Å². The van der Waals surface area contributed by atoms with Crippen LogP contribution in [0.2, 0.25) is 0 Å². The summed E-state index contributed by atoms with van der Waals surface area (Å²) in [6.45, 7) is 6.81. The lowest BCUT2D eigenvalue weighted by Gasteiger charge is -2.34. The number of nitrogens with zero attached hydrogens (tertiary/aromatic N) is 2. The number of likely N-dealkylation sites (tertiary alicyclic amines) is 1. The Labute approximate surface area is 201 Å². The van der Waals surface area contributed by atoms with Crippen molar-refractivity contribution in [3.8, 4) is 0 Å². The lowest BCUT2D eigenvalue weighted by Crippen LogP contribution is -2.56. The number of aliphatic hydroxyl groups is 1. The zero-order chi connectivity index (χ0) is 24.3. The Kier molecular flexibility index (Phi) is 7.81. The van der Waals surface area contributed by atoms with Gasteiger partial charge in [-0.05, 0) is 38.5 Å². The third-order valence-electron chi connectivity index (χ3n) is 8.35. The minimum atomic E-state index is -0.968. The van der Waals surface area contributed by atoms with Crippen LogP contribution in [0.1, 0.15) is 45.4 Å². The van der Waals surface area contributed by atoms with Crippen LogP contribution in [0.3, 0.4) is 0 Å². The number of ether oxygens (including phenoxy) is 2. The van der Waals surface area contributed by atoms with Gasteiger partial charge in [0, 0.05) is 46.4 Å². The molecule has 4 saturated heterocycles. The number of aliphatic hydroxyl groups excluding tert-OH is 1. The van der Waals surface area contributed by atoms with E-state index in [0.29, 0.717) is 58.4 Å². The van der Waals surface area contributed by atoms with E-state index in [1.54, 1.807) is 11.9 Å². The van der Waals surface area contributed by atoms with Crippen LogP contribution >= 0.6 is 0 Å². The van der Waals surface area contributed by atoms with Crippen molar-refractivity contribution in [2.45, 2.75) is 62.7 Å². The highest BCUT2D eigenvalue weighted by Gasteiger charge is 2.78. The molecular formula is C24H40N4O6. The zero-order valence-corrected chi connectivity index (χ0v) is 20.5. The van der Waals surface area contributed by atoms with E-state index in [1.807, 2.05) is 6.92 Å². The van der Waals surface area contributed by atoms with Gasteiger partial charge in [0.25, 0.3) is 0 Å². The Balaban J connectivity index is 1.55. The van der Waals surface area contributed by atoms with E-state index in [0.717, 1.165) is 26.1 Å². The molecule has 3 amide bonds. The molecule has 0 aliphatic carbocycles. The maximum atomic E-state index is 13.8.